The van der Waals surface area contributed by atoms with Crippen LogP contribution < -0.4 is 0 Å². The number of likely N-dealkylation sites (tertiary alicyclic amines) is 1. The van der Waals surface area contributed by atoms with Crippen LogP contribution in [0.3, 0.4) is 0 Å². The van der Waals surface area contributed by atoms with E-state index in [2.05, 4.69) is 0 Å². The third kappa shape index (κ3) is 3.96. The molecule has 1 aromatic carbocycles. The van der Waals surface area contributed by atoms with Gasteiger partial charge in [-0.05, 0) is 62.1 Å². The Bertz CT molecular complexity index is 590. The first-order chi connectivity index (χ1) is 11.5. The molecule has 0 spiro atoms. The zero-order chi connectivity index (χ0) is 17.1. The molecule has 1 aromatic rings. The molecule has 3 rings (SSSR count). The van der Waals surface area contributed by atoms with Crippen LogP contribution in [0.5, 0.6) is 0 Å². The van der Waals surface area contributed by atoms with Crippen LogP contribution in [-0.4, -0.2) is 46.2 Å². The Labute approximate surface area is 142 Å². The van der Waals surface area contributed by atoms with Gasteiger partial charge in [-0.25, -0.2) is 4.79 Å². The molecule has 130 valence electrons. The monoisotopic (exact) mass is 331 g/mol. The molecule has 1 aliphatic heterocycles. The highest BCUT2D eigenvalue weighted by Gasteiger charge is 2.32. The summed E-state index contributed by atoms with van der Waals surface area (Å²) in [5.74, 6) is -0.122. The summed E-state index contributed by atoms with van der Waals surface area (Å²) in [7, 11) is 0. The largest absolute Gasteiger partial charge is 0.478 e. The van der Waals surface area contributed by atoms with Gasteiger partial charge in [0.2, 0.25) is 5.91 Å². The van der Waals surface area contributed by atoms with Gasteiger partial charge in [0.1, 0.15) is 0 Å². The van der Waals surface area contributed by atoms with E-state index in [1.54, 1.807) is 12.1 Å². The molecule has 0 unspecified atom stereocenters. The number of carboxylic acids is 1. The quantitative estimate of drug-likeness (QED) is 0.887. The molecular weight excluding hydrogens is 306 g/mol. The number of aliphatic hydroxyl groups is 1. The van der Waals surface area contributed by atoms with Crippen molar-refractivity contribution < 1.29 is 19.8 Å². The van der Waals surface area contributed by atoms with Gasteiger partial charge in [0, 0.05) is 19.0 Å². The van der Waals surface area contributed by atoms with E-state index in [1.165, 1.54) is 0 Å². The van der Waals surface area contributed by atoms with Gasteiger partial charge in [-0.3, -0.25) is 4.79 Å². The Morgan fingerprint density at radius 1 is 1.04 bits per heavy atom. The first-order valence-corrected chi connectivity index (χ1v) is 8.82. The van der Waals surface area contributed by atoms with Crippen molar-refractivity contribution in [3.8, 4) is 0 Å². The van der Waals surface area contributed by atoms with E-state index >= 15 is 0 Å². The number of carboxylic acid groups (broad SMARTS) is 1. The van der Waals surface area contributed by atoms with E-state index in [9.17, 15) is 14.7 Å². The summed E-state index contributed by atoms with van der Waals surface area (Å²) in [4.78, 5) is 25.5. The maximum Gasteiger partial charge on any atom is 0.335 e. The van der Waals surface area contributed by atoms with Gasteiger partial charge in [0.05, 0.1) is 11.7 Å². The number of benzene rings is 1. The fourth-order valence-corrected chi connectivity index (χ4v) is 3.90. The predicted molar refractivity (Wildman–Crippen MR) is 89.8 cm³/mol. The molecule has 2 N–H and O–H groups in total. The molecule has 5 nitrogen and oxygen atoms in total. The minimum Gasteiger partial charge on any atom is -0.478 e. The number of carbonyl (C=O) groups is 2. The standard InChI is InChI=1S/C19H25NO4/c21-17-7-5-15(6-8-17)18(22)20-10-9-14(12-20)11-13-1-3-16(4-2-13)19(23)24/h1-4,14-15,17,21H,5-12H2,(H,23,24)/t14-,15?,17?/m1/s1. The molecule has 1 atom stereocenters. The lowest BCUT2D eigenvalue weighted by Gasteiger charge is -2.28. The summed E-state index contributed by atoms with van der Waals surface area (Å²) in [6, 6.07) is 7.03. The smallest absolute Gasteiger partial charge is 0.335 e. The Kier molecular flexibility index (Phi) is 5.19. The van der Waals surface area contributed by atoms with Crippen LogP contribution in [0, 0.1) is 11.8 Å². The van der Waals surface area contributed by atoms with Crippen LogP contribution in [0.4, 0.5) is 0 Å². The van der Waals surface area contributed by atoms with Gasteiger partial charge in [-0.2, -0.15) is 0 Å². The number of aromatic carboxylic acids is 1. The van der Waals surface area contributed by atoms with Crippen LogP contribution in [0.2, 0.25) is 0 Å². The third-order valence-electron chi connectivity index (χ3n) is 5.37. The zero-order valence-corrected chi connectivity index (χ0v) is 13.9. The Hall–Kier alpha value is -1.88. The summed E-state index contributed by atoms with van der Waals surface area (Å²) in [5.41, 5.74) is 1.43. The minimum absolute atomic E-state index is 0.0852. The molecule has 0 aromatic heterocycles. The van der Waals surface area contributed by atoms with Crippen molar-refractivity contribution in [3.63, 3.8) is 0 Å². The lowest BCUT2D eigenvalue weighted by Crippen LogP contribution is -2.37. The molecule has 1 saturated carbocycles. The lowest BCUT2D eigenvalue weighted by molar-refractivity contribution is -0.136. The molecule has 1 amide bonds. The normalized spacial score (nSPS) is 27.2. The Morgan fingerprint density at radius 2 is 1.71 bits per heavy atom. The van der Waals surface area contributed by atoms with Crippen LogP contribution >= 0.6 is 0 Å². The fourth-order valence-electron chi connectivity index (χ4n) is 3.90. The van der Waals surface area contributed by atoms with Crippen molar-refractivity contribution in [2.45, 2.75) is 44.6 Å². The predicted octanol–water partition coefficient (Wildman–Crippen LogP) is 2.33. The average molecular weight is 331 g/mol. The molecule has 0 radical (unpaired) electrons. The molecule has 0 bridgehead atoms. The second-order valence-corrected chi connectivity index (χ2v) is 7.15. The van der Waals surface area contributed by atoms with Gasteiger partial charge >= 0.3 is 5.97 Å². The number of hydrogen-bond donors (Lipinski definition) is 2. The highest BCUT2D eigenvalue weighted by atomic mass is 16.4. The maximum atomic E-state index is 12.6. The first kappa shape index (κ1) is 17.0. The van der Waals surface area contributed by atoms with Crippen LogP contribution in [-0.2, 0) is 11.2 Å². The van der Waals surface area contributed by atoms with Crippen molar-refractivity contribution in [2.75, 3.05) is 13.1 Å². The van der Waals surface area contributed by atoms with Crippen molar-refractivity contribution in [1.29, 1.82) is 0 Å². The fraction of sp³-hybridized carbons (Fsp3) is 0.579. The van der Waals surface area contributed by atoms with E-state index in [1.807, 2.05) is 17.0 Å². The maximum absolute atomic E-state index is 12.6. The van der Waals surface area contributed by atoms with Crippen molar-refractivity contribution in [3.05, 3.63) is 35.4 Å². The van der Waals surface area contributed by atoms with Gasteiger partial charge in [0.15, 0.2) is 0 Å². The van der Waals surface area contributed by atoms with E-state index in [-0.39, 0.29) is 17.9 Å². The summed E-state index contributed by atoms with van der Waals surface area (Å²) in [5, 5.41) is 18.5. The minimum atomic E-state index is -0.906. The second kappa shape index (κ2) is 7.34. The molecule has 5 heteroatoms. The van der Waals surface area contributed by atoms with Gasteiger partial charge in [-0.15, -0.1) is 0 Å². The van der Waals surface area contributed by atoms with Crippen LogP contribution in [0.25, 0.3) is 0 Å². The topological polar surface area (TPSA) is 77.8 Å². The summed E-state index contributed by atoms with van der Waals surface area (Å²) in [6.45, 7) is 1.61. The van der Waals surface area contributed by atoms with E-state index < -0.39 is 5.97 Å². The van der Waals surface area contributed by atoms with Crippen LogP contribution in [0.1, 0.15) is 48.0 Å². The number of amides is 1. The molecule has 2 aliphatic rings. The number of rotatable bonds is 4. The second-order valence-electron chi connectivity index (χ2n) is 7.15. The van der Waals surface area contributed by atoms with E-state index in [0.717, 1.165) is 57.2 Å². The first-order valence-electron chi connectivity index (χ1n) is 8.82. The van der Waals surface area contributed by atoms with Gasteiger partial charge < -0.3 is 15.1 Å². The Morgan fingerprint density at radius 3 is 2.33 bits per heavy atom. The molecule has 1 heterocycles. The third-order valence-corrected chi connectivity index (χ3v) is 5.37. The zero-order valence-electron chi connectivity index (χ0n) is 13.9. The van der Waals surface area contributed by atoms with Crippen molar-refractivity contribution >= 4 is 11.9 Å². The summed E-state index contributed by atoms with van der Waals surface area (Å²) >= 11 is 0. The lowest BCUT2D eigenvalue weighted by atomic mass is 9.86. The molecule has 2 fully saturated rings. The number of carbonyl (C=O) groups excluding carboxylic acids is 1. The summed E-state index contributed by atoms with van der Waals surface area (Å²) < 4.78 is 0. The summed E-state index contributed by atoms with van der Waals surface area (Å²) in [6.07, 6.45) is 4.74. The Balaban J connectivity index is 1.51. The van der Waals surface area contributed by atoms with Crippen molar-refractivity contribution in [1.82, 2.24) is 4.90 Å². The van der Waals surface area contributed by atoms with Gasteiger partial charge in [-0.1, -0.05) is 12.1 Å². The van der Waals surface area contributed by atoms with Gasteiger partial charge in [0.25, 0.3) is 0 Å². The SMILES string of the molecule is O=C(O)c1ccc(C[C@H]2CCN(C(=O)C3CCC(O)CC3)C2)cc1. The number of hydrogen-bond acceptors (Lipinski definition) is 3. The number of nitrogens with zero attached hydrogens (tertiary/aromatic N) is 1. The highest BCUT2D eigenvalue weighted by Crippen LogP contribution is 2.29. The highest BCUT2D eigenvalue weighted by molar-refractivity contribution is 5.87. The molecular formula is C19H25NO4. The van der Waals surface area contributed by atoms with E-state index in [4.69, 9.17) is 5.11 Å². The number of aliphatic hydroxyl groups excluding tert-OH is 1. The molecule has 1 aliphatic carbocycles. The molecule has 24 heavy (non-hydrogen) atoms. The van der Waals surface area contributed by atoms with Crippen LogP contribution in [0.15, 0.2) is 24.3 Å². The van der Waals surface area contributed by atoms with Crippen molar-refractivity contribution in [2.24, 2.45) is 11.8 Å². The average Bonchev–Trinajstić information content (AvgIpc) is 3.04. The van der Waals surface area contributed by atoms with E-state index in [0.29, 0.717) is 11.5 Å². The molecule has 1 saturated heterocycles.